The first-order chi connectivity index (χ1) is 12.8. The summed E-state index contributed by atoms with van der Waals surface area (Å²) in [6.45, 7) is 4.44. The maximum absolute atomic E-state index is 4.34. The van der Waals surface area contributed by atoms with E-state index in [4.69, 9.17) is 0 Å². The van der Waals surface area contributed by atoms with E-state index in [2.05, 4.69) is 72.6 Å². The van der Waals surface area contributed by atoms with Gasteiger partial charge in [0.15, 0.2) is 0 Å². The topological polar surface area (TPSA) is 25.8 Å². The monoisotopic (exact) mass is 364 g/mol. The van der Waals surface area contributed by atoms with Crippen LogP contribution in [-0.4, -0.2) is 10.2 Å². The molecule has 0 aliphatic carbocycles. The molecule has 3 rings (SSSR count). The molecule has 0 bridgehead atoms. The van der Waals surface area contributed by atoms with E-state index in [0.717, 1.165) is 30.7 Å². The fraction of sp³-hybridized carbons (Fsp3) is 0.391. The van der Waals surface area contributed by atoms with Gasteiger partial charge in [0, 0.05) is 12.8 Å². The Balaban J connectivity index is 1.56. The van der Waals surface area contributed by atoms with E-state index in [9.17, 15) is 0 Å². The number of aryl methyl sites for hydroxylation is 4. The van der Waals surface area contributed by atoms with Gasteiger partial charge in [-0.25, -0.2) is 0 Å². The van der Waals surface area contributed by atoms with Crippen LogP contribution in [0.2, 0.25) is 0 Å². The van der Waals surface area contributed by atoms with E-state index in [0.29, 0.717) is 0 Å². The van der Waals surface area contributed by atoms with Gasteiger partial charge in [-0.3, -0.25) is 0 Å². The molecular weight excluding hydrogens is 336 g/mol. The zero-order valence-corrected chi connectivity index (χ0v) is 16.7. The predicted octanol–water partition coefficient (Wildman–Crippen LogP) is 6.29. The summed E-state index contributed by atoms with van der Waals surface area (Å²) in [5.41, 5.74) is 5.36. The lowest BCUT2D eigenvalue weighted by Gasteiger charge is -2.05. The Labute approximate surface area is 161 Å². The van der Waals surface area contributed by atoms with Crippen LogP contribution >= 0.6 is 11.3 Å². The van der Waals surface area contributed by atoms with Crippen molar-refractivity contribution in [1.29, 1.82) is 0 Å². The van der Waals surface area contributed by atoms with E-state index in [-0.39, 0.29) is 0 Å². The molecule has 1 heterocycles. The standard InChI is InChI=1S/C23H28N2S/c1-3-5-7-22-24-25-23(26-22)17-12-19-10-15-21(16-11-19)20-13-8-18(6-4-2)9-14-20/h8-11,13-16H,3-7,12,17H2,1-2H3. The van der Waals surface area contributed by atoms with Gasteiger partial charge in [-0.1, -0.05) is 75.2 Å². The van der Waals surface area contributed by atoms with Crippen molar-refractivity contribution >= 4 is 11.3 Å². The number of benzene rings is 2. The minimum absolute atomic E-state index is 0.981. The largest absolute Gasteiger partial charge is 0.144 e. The first-order valence-corrected chi connectivity index (χ1v) is 10.6. The molecule has 0 fully saturated rings. The number of unbranched alkanes of at least 4 members (excludes halogenated alkanes) is 1. The van der Waals surface area contributed by atoms with Crippen LogP contribution in [0.4, 0.5) is 0 Å². The molecule has 0 atom stereocenters. The molecule has 0 radical (unpaired) electrons. The van der Waals surface area contributed by atoms with Gasteiger partial charge >= 0.3 is 0 Å². The zero-order valence-electron chi connectivity index (χ0n) is 15.9. The molecule has 3 heteroatoms. The van der Waals surface area contributed by atoms with Crippen LogP contribution in [0.15, 0.2) is 48.5 Å². The van der Waals surface area contributed by atoms with Gasteiger partial charge in [-0.2, -0.15) is 0 Å². The highest BCUT2D eigenvalue weighted by atomic mass is 32.1. The Morgan fingerprint density at radius 1 is 0.615 bits per heavy atom. The summed E-state index contributed by atoms with van der Waals surface area (Å²) in [5, 5.41) is 11.0. The number of nitrogens with zero attached hydrogens (tertiary/aromatic N) is 2. The fourth-order valence-electron chi connectivity index (χ4n) is 3.09. The molecule has 0 saturated heterocycles. The molecule has 2 aromatic carbocycles. The number of aromatic nitrogens is 2. The van der Waals surface area contributed by atoms with Gasteiger partial charge in [0.05, 0.1) is 0 Å². The van der Waals surface area contributed by atoms with Gasteiger partial charge in [0.25, 0.3) is 0 Å². The molecule has 0 aliphatic heterocycles. The molecule has 0 amide bonds. The van der Waals surface area contributed by atoms with Crippen LogP contribution in [0.5, 0.6) is 0 Å². The highest BCUT2D eigenvalue weighted by Crippen LogP contribution is 2.22. The van der Waals surface area contributed by atoms with E-state index in [1.165, 1.54) is 46.5 Å². The molecule has 1 aromatic heterocycles. The van der Waals surface area contributed by atoms with E-state index in [1.807, 2.05) is 0 Å². The molecule has 0 N–H and O–H groups in total. The van der Waals surface area contributed by atoms with Crippen molar-refractivity contribution in [1.82, 2.24) is 10.2 Å². The smallest absolute Gasteiger partial charge is 0.117 e. The quantitative estimate of drug-likeness (QED) is 0.446. The van der Waals surface area contributed by atoms with Crippen molar-refractivity contribution in [2.45, 2.75) is 58.8 Å². The van der Waals surface area contributed by atoms with Crippen molar-refractivity contribution in [3.63, 3.8) is 0 Å². The Morgan fingerprint density at radius 2 is 1.15 bits per heavy atom. The lowest BCUT2D eigenvalue weighted by molar-refractivity contribution is 0.776. The average molecular weight is 365 g/mol. The Morgan fingerprint density at radius 3 is 1.69 bits per heavy atom. The summed E-state index contributed by atoms with van der Waals surface area (Å²) in [5.74, 6) is 0. The molecule has 0 unspecified atom stereocenters. The minimum atomic E-state index is 0.981. The van der Waals surface area contributed by atoms with Gasteiger partial charge in [0.1, 0.15) is 10.0 Å². The van der Waals surface area contributed by atoms with Crippen LogP contribution in [0.3, 0.4) is 0 Å². The Hall–Kier alpha value is -2.00. The van der Waals surface area contributed by atoms with E-state index in [1.54, 1.807) is 11.3 Å². The highest BCUT2D eigenvalue weighted by molar-refractivity contribution is 7.11. The van der Waals surface area contributed by atoms with Gasteiger partial charge < -0.3 is 0 Å². The van der Waals surface area contributed by atoms with Gasteiger partial charge in [0.2, 0.25) is 0 Å². The third kappa shape index (κ3) is 5.25. The summed E-state index contributed by atoms with van der Waals surface area (Å²) in [6.07, 6.45) is 7.85. The normalized spacial score (nSPS) is 11.0. The number of rotatable bonds is 9. The molecule has 2 nitrogen and oxygen atoms in total. The number of hydrogen-bond donors (Lipinski definition) is 0. The minimum Gasteiger partial charge on any atom is -0.144 e. The summed E-state index contributed by atoms with van der Waals surface area (Å²) >= 11 is 1.78. The fourth-order valence-corrected chi connectivity index (χ4v) is 3.97. The van der Waals surface area contributed by atoms with Crippen LogP contribution in [0.1, 0.15) is 54.3 Å². The predicted molar refractivity (Wildman–Crippen MR) is 112 cm³/mol. The van der Waals surface area contributed by atoms with Gasteiger partial charge in [-0.15, -0.1) is 21.5 Å². The van der Waals surface area contributed by atoms with E-state index < -0.39 is 0 Å². The van der Waals surface area contributed by atoms with E-state index >= 15 is 0 Å². The van der Waals surface area contributed by atoms with Crippen LogP contribution in [-0.2, 0) is 25.7 Å². The van der Waals surface area contributed by atoms with Crippen molar-refractivity contribution < 1.29 is 0 Å². The highest BCUT2D eigenvalue weighted by Gasteiger charge is 2.05. The van der Waals surface area contributed by atoms with Crippen molar-refractivity contribution in [3.05, 3.63) is 69.7 Å². The third-order valence-electron chi connectivity index (χ3n) is 4.66. The second-order valence-corrected chi connectivity index (χ2v) is 7.98. The summed E-state index contributed by atoms with van der Waals surface area (Å²) in [7, 11) is 0. The van der Waals surface area contributed by atoms with Crippen LogP contribution in [0, 0.1) is 0 Å². The summed E-state index contributed by atoms with van der Waals surface area (Å²) < 4.78 is 0. The second kappa shape index (κ2) is 9.63. The molecule has 0 spiro atoms. The maximum atomic E-state index is 4.34. The molecule has 0 saturated carbocycles. The second-order valence-electron chi connectivity index (χ2n) is 6.84. The first-order valence-electron chi connectivity index (χ1n) is 9.78. The first kappa shape index (κ1) is 18.8. The van der Waals surface area contributed by atoms with Crippen LogP contribution < -0.4 is 0 Å². The number of hydrogen-bond acceptors (Lipinski definition) is 3. The van der Waals surface area contributed by atoms with Crippen molar-refractivity contribution in [3.8, 4) is 11.1 Å². The molecule has 3 aromatic rings. The Bertz CT molecular complexity index is 788. The molecule has 136 valence electrons. The SMILES string of the molecule is CCCCc1nnc(CCc2ccc(-c3ccc(CCC)cc3)cc2)s1. The molecule has 26 heavy (non-hydrogen) atoms. The van der Waals surface area contributed by atoms with Crippen molar-refractivity contribution in [2.24, 2.45) is 0 Å². The average Bonchev–Trinajstić information content (AvgIpc) is 3.14. The lowest BCUT2D eigenvalue weighted by Crippen LogP contribution is -1.91. The molecule has 0 aliphatic rings. The summed E-state index contributed by atoms with van der Waals surface area (Å²) in [6, 6.07) is 17.9. The third-order valence-corrected chi connectivity index (χ3v) is 5.70. The zero-order chi connectivity index (χ0) is 18.2. The lowest BCUT2D eigenvalue weighted by atomic mass is 10.00. The maximum Gasteiger partial charge on any atom is 0.117 e. The molecular formula is C23H28N2S. The van der Waals surface area contributed by atoms with Gasteiger partial charge in [-0.05, 0) is 41.5 Å². The van der Waals surface area contributed by atoms with Crippen LogP contribution in [0.25, 0.3) is 11.1 Å². The Kier molecular flexibility index (Phi) is 6.96. The summed E-state index contributed by atoms with van der Waals surface area (Å²) in [4.78, 5) is 0. The van der Waals surface area contributed by atoms with Crippen molar-refractivity contribution in [2.75, 3.05) is 0 Å².